The quantitative estimate of drug-likeness (QED) is 0.741. The van der Waals surface area contributed by atoms with Crippen molar-refractivity contribution < 1.29 is 27.4 Å². The number of carbonyl (C=O) groups is 1. The Labute approximate surface area is 154 Å². The molecule has 2 atom stereocenters. The van der Waals surface area contributed by atoms with Crippen molar-refractivity contribution in [2.75, 3.05) is 38.9 Å². The van der Waals surface area contributed by atoms with Gasteiger partial charge in [-0.1, -0.05) is 0 Å². The number of sulfone groups is 1. The maximum absolute atomic E-state index is 13.2. The van der Waals surface area contributed by atoms with Crippen molar-refractivity contribution >= 4 is 15.7 Å². The van der Waals surface area contributed by atoms with Crippen LogP contribution in [-0.2, 0) is 14.6 Å². The van der Waals surface area contributed by atoms with Gasteiger partial charge in [0.2, 0.25) is 0 Å². The van der Waals surface area contributed by atoms with Crippen molar-refractivity contribution in [3.63, 3.8) is 0 Å². The summed E-state index contributed by atoms with van der Waals surface area (Å²) in [4.78, 5) is 14.9. The fourth-order valence-corrected chi connectivity index (χ4v) is 5.25. The lowest BCUT2D eigenvalue weighted by atomic mass is 10.1. The first-order valence-electron chi connectivity index (χ1n) is 8.78. The SMILES string of the molecule is COc1cc(OC)cc(C(=O)N(C[C@@H]2CCCO2)[C@H]2CCS(=O)(=O)C2)c1. The van der Waals surface area contributed by atoms with Crippen LogP contribution in [0.15, 0.2) is 18.2 Å². The second-order valence-corrected chi connectivity index (χ2v) is 8.98. The number of amides is 1. The van der Waals surface area contributed by atoms with E-state index in [0.717, 1.165) is 12.8 Å². The third kappa shape index (κ3) is 4.29. The number of rotatable bonds is 6. The molecule has 0 saturated carbocycles. The van der Waals surface area contributed by atoms with E-state index in [1.807, 2.05) is 0 Å². The molecule has 0 bridgehead atoms. The number of hydrogen-bond acceptors (Lipinski definition) is 6. The molecule has 1 amide bonds. The van der Waals surface area contributed by atoms with Crippen molar-refractivity contribution in [2.45, 2.75) is 31.4 Å². The fourth-order valence-electron chi connectivity index (χ4n) is 3.52. The van der Waals surface area contributed by atoms with E-state index >= 15 is 0 Å². The monoisotopic (exact) mass is 383 g/mol. The number of nitrogens with zero attached hydrogens (tertiary/aromatic N) is 1. The van der Waals surface area contributed by atoms with E-state index < -0.39 is 9.84 Å². The van der Waals surface area contributed by atoms with E-state index in [0.29, 0.717) is 36.6 Å². The molecule has 26 heavy (non-hydrogen) atoms. The van der Waals surface area contributed by atoms with Gasteiger partial charge in [-0.25, -0.2) is 8.42 Å². The second-order valence-electron chi connectivity index (χ2n) is 6.75. The summed E-state index contributed by atoms with van der Waals surface area (Å²) in [6.45, 7) is 1.08. The molecule has 8 heteroatoms. The van der Waals surface area contributed by atoms with Crippen LogP contribution in [0.25, 0.3) is 0 Å². The van der Waals surface area contributed by atoms with Gasteiger partial charge in [0.05, 0.1) is 31.8 Å². The molecule has 1 aromatic carbocycles. The molecular formula is C18H25NO6S. The van der Waals surface area contributed by atoms with Gasteiger partial charge in [0.1, 0.15) is 11.5 Å². The summed E-state index contributed by atoms with van der Waals surface area (Å²) in [6, 6.07) is 4.67. The summed E-state index contributed by atoms with van der Waals surface area (Å²) < 4.78 is 40.0. The molecule has 2 fully saturated rings. The first-order chi connectivity index (χ1) is 12.4. The van der Waals surface area contributed by atoms with Crippen LogP contribution in [0.2, 0.25) is 0 Å². The topological polar surface area (TPSA) is 82.1 Å². The molecule has 0 unspecified atom stereocenters. The third-order valence-electron chi connectivity index (χ3n) is 4.93. The highest BCUT2D eigenvalue weighted by Gasteiger charge is 2.37. The molecule has 0 radical (unpaired) electrons. The van der Waals surface area contributed by atoms with Crippen LogP contribution in [0.3, 0.4) is 0 Å². The highest BCUT2D eigenvalue weighted by Crippen LogP contribution is 2.27. The highest BCUT2D eigenvalue weighted by molar-refractivity contribution is 7.91. The lowest BCUT2D eigenvalue weighted by Gasteiger charge is -2.30. The molecule has 0 N–H and O–H groups in total. The Balaban J connectivity index is 1.88. The van der Waals surface area contributed by atoms with Crippen molar-refractivity contribution in [1.82, 2.24) is 4.90 Å². The molecule has 2 saturated heterocycles. The summed E-state index contributed by atoms with van der Waals surface area (Å²) in [5, 5.41) is 0. The number of carbonyl (C=O) groups excluding carboxylic acids is 1. The molecule has 144 valence electrons. The number of ether oxygens (including phenoxy) is 3. The highest BCUT2D eigenvalue weighted by atomic mass is 32.2. The predicted molar refractivity (Wildman–Crippen MR) is 96.6 cm³/mol. The van der Waals surface area contributed by atoms with Gasteiger partial charge in [-0.15, -0.1) is 0 Å². The van der Waals surface area contributed by atoms with E-state index in [-0.39, 0.29) is 29.6 Å². The van der Waals surface area contributed by atoms with Crippen LogP contribution in [-0.4, -0.2) is 70.2 Å². The van der Waals surface area contributed by atoms with Crippen LogP contribution in [0.4, 0.5) is 0 Å². The van der Waals surface area contributed by atoms with E-state index in [2.05, 4.69) is 0 Å². The Bertz CT molecular complexity index is 735. The Morgan fingerprint density at radius 3 is 2.38 bits per heavy atom. The minimum Gasteiger partial charge on any atom is -0.497 e. The van der Waals surface area contributed by atoms with Crippen LogP contribution in [0.5, 0.6) is 11.5 Å². The van der Waals surface area contributed by atoms with Crippen molar-refractivity contribution in [1.29, 1.82) is 0 Å². The largest absolute Gasteiger partial charge is 0.497 e. The third-order valence-corrected chi connectivity index (χ3v) is 6.68. The standard InChI is InChI=1S/C18H25NO6S/c1-23-16-8-13(9-17(10-16)24-2)18(20)19(11-15-4-3-6-25-15)14-5-7-26(21,22)12-14/h8-10,14-15H,3-7,11-12H2,1-2H3/t14-,15-/m0/s1. The number of benzene rings is 1. The van der Waals surface area contributed by atoms with Crippen LogP contribution < -0.4 is 9.47 Å². The molecule has 2 heterocycles. The van der Waals surface area contributed by atoms with Gasteiger partial charge in [-0.2, -0.15) is 0 Å². The van der Waals surface area contributed by atoms with Gasteiger partial charge < -0.3 is 19.1 Å². The Morgan fingerprint density at radius 2 is 1.88 bits per heavy atom. The van der Waals surface area contributed by atoms with Crippen LogP contribution in [0.1, 0.15) is 29.6 Å². The maximum Gasteiger partial charge on any atom is 0.254 e. The maximum atomic E-state index is 13.2. The van der Waals surface area contributed by atoms with Crippen molar-refractivity contribution in [3.05, 3.63) is 23.8 Å². The first-order valence-corrected chi connectivity index (χ1v) is 10.6. The van der Waals surface area contributed by atoms with Gasteiger partial charge in [-0.3, -0.25) is 4.79 Å². The lowest BCUT2D eigenvalue weighted by Crippen LogP contribution is -2.45. The molecule has 1 aromatic rings. The van der Waals surface area contributed by atoms with E-state index in [4.69, 9.17) is 14.2 Å². The van der Waals surface area contributed by atoms with Crippen LogP contribution >= 0.6 is 0 Å². The normalized spacial score (nSPS) is 24.4. The summed E-state index contributed by atoms with van der Waals surface area (Å²) in [7, 11) is -0.0505. The predicted octanol–water partition coefficient (Wildman–Crippen LogP) is 1.51. The molecule has 0 aromatic heterocycles. The minimum absolute atomic E-state index is 0.00651. The molecule has 0 aliphatic carbocycles. The smallest absolute Gasteiger partial charge is 0.254 e. The first kappa shape index (κ1) is 19.0. The zero-order valence-corrected chi connectivity index (χ0v) is 16.0. The fraction of sp³-hybridized carbons (Fsp3) is 0.611. The van der Waals surface area contributed by atoms with Gasteiger partial charge in [0.25, 0.3) is 5.91 Å². The Morgan fingerprint density at radius 1 is 1.19 bits per heavy atom. The molecule has 2 aliphatic heterocycles. The van der Waals surface area contributed by atoms with E-state index in [1.54, 1.807) is 23.1 Å². The second kappa shape index (κ2) is 7.84. The summed E-state index contributed by atoms with van der Waals surface area (Å²) in [6.07, 6.45) is 2.25. The molecule has 7 nitrogen and oxygen atoms in total. The number of hydrogen-bond donors (Lipinski definition) is 0. The molecule has 0 spiro atoms. The van der Waals surface area contributed by atoms with Crippen molar-refractivity contribution in [2.24, 2.45) is 0 Å². The van der Waals surface area contributed by atoms with Gasteiger partial charge >= 0.3 is 0 Å². The van der Waals surface area contributed by atoms with Crippen molar-refractivity contribution in [3.8, 4) is 11.5 Å². The lowest BCUT2D eigenvalue weighted by molar-refractivity contribution is 0.0441. The minimum atomic E-state index is -3.10. The van der Waals surface area contributed by atoms with Gasteiger partial charge in [0, 0.05) is 30.8 Å². The van der Waals surface area contributed by atoms with E-state index in [1.165, 1.54) is 14.2 Å². The van der Waals surface area contributed by atoms with Gasteiger partial charge in [0.15, 0.2) is 9.84 Å². The number of methoxy groups -OCH3 is 2. The molecule has 2 aliphatic rings. The summed E-state index contributed by atoms with van der Waals surface area (Å²) >= 11 is 0. The summed E-state index contributed by atoms with van der Waals surface area (Å²) in [5.41, 5.74) is 0.420. The Kier molecular flexibility index (Phi) is 5.72. The zero-order valence-electron chi connectivity index (χ0n) is 15.1. The average molecular weight is 383 g/mol. The molecular weight excluding hydrogens is 358 g/mol. The summed E-state index contributed by atoms with van der Waals surface area (Å²) in [5.74, 6) is 0.938. The molecule has 3 rings (SSSR count). The zero-order chi connectivity index (χ0) is 18.7. The Hall–Kier alpha value is -1.80. The van der Waals surface area contributed by atoms with E-state index in [9.17, 15) is 13.2 Å². The van der Waals surface area contributed by atoms with Gasteiger partial charge in [-0.05, 0) is 31.4 Å². The average Bonchev–Trinajstić information content (AvgIpc) is 3.27. The van der Waals surface area contributed by atoms with Crippen LogP contribution in [0, 0.1) is 0 Å².